The van der Waals surface area contributed by atoms with Gasteiger partial charge in [0.2, 0.25) is 0 Å². The first-order valence-electron chi connectivity index (χ1n) is 6.59. The Morgan fingerprint density at radius 1 is 1.26 bits per heavy atom. The number of carboxylic acid groups (broad SMARTS) is 1. The average molecular weight is 255 g/mol. The number of hydrogen-bond acceptors (Lipinski definition) is 2. The van der Waals surface area contributed by atoms with Gasteiger partial charge in [0.25, 0.3) is 0 Å². The van der Waals surface area contributed by atoms with Crippen LogP contribution in [0, 0.1) is 11.8 Å². The van der Waals surface area contributed by atoms with Crippen molar-refractivity contribution in [3.05, 3.63) is 48.0 Å². The summed E-state index contributed by atoms with van der Waals surface area (Å²) in [5, 5.41) is 14.7. The Balaban J connectivity index is 1.91. The molecule has 0 aliphatic heterocycles. The average Bonchev–Trinajstić information content (AvgIpc) is 3.20. The van der Waals surface area contributed by atoms with Crippen LogP contribution in [0.4, 0.5) is 0 Å². The van der Waals surface area contributed by atoms with E-state index >= 15 is 0 Å². The molecule has 0 aromatic heterocycles. The molecule has 2 N–H and O–H groups in total. The van der Waals surface area contributed by atoms with Gasteiger partial charge < -0.3 is 10.4 Å². The SMILES string of the molecule is CNC(c1ccc2ccccc2c1)C1CC1C(=O)O. The van der Waals surface area contributed by atoms with Crippen LogP contribution in [-0.4, -0.2) is 18.1 Å². The number of nitrogens with one attached hydrogen (secondary N) is 1. The van der Waals surface area contributed by atoms with Crippen LogP contribution < -0.4 is 5.32 Å². The molecule has 0 amide bonds. The summed E-state index contributed by atoms with van der Waals surface area (Å²) in [7, 11) is 1.90. The van der Waals surface area contributed by atoms with Gasteiger partial charge in [-0.05, 0) is 41.8 Å². The third kappa shape index (κ3) is 2.22. The minimum Gasteiger partial charge on any atom is -0.481 e. The van der Waals surface area contributed by atoms with E-state index in [9.17, 15) is 4.79 Å². The first-order chi connectivity index (χ1) is 9.20. The molecule has 0 heterocycles. The lowest BCUT2D eigenvalue weighted by Gasteiger charge is -2.17. The Morgan fingerprint density at radius 3 is 2.63 bits per heavy atom. The third-order valence-electron chi connectivity index (χ3n) is 4.03. The van der Waals surface area contributed by atoms with E-state index < -0.39 is 5.97 Å². The highest BCUT2D eigenvalue weighted by molar-refractivity contribution is 5.83. The van der Waals surface area contributed by atoms with Gasteiger partial charge in [0.15, 0.2) is 0 Å². The number of hydrogen-bond donors (Lipinski definition) is 2. The maximum absolute atomic E-state index is 11.0. The maximum atomic E-state index is 11.0. The Kier molecular flexibility index (Phi) is 2.99. The molecule has 0 spiro atoms. The molecule has 3 heteroatoms. The third-order valence-corrected chi connectivity index (χ3v) is 4.03. The van der Waals surface area contributed by atoms with Crippen LogP contribution in [-0.2, 0) is 4.79 Å². The monoisotopic (exact) mass is 255 g/mol. The van der Waals surface area contributed by atoms with Gasteiger partial charge in [-0.3, -0.25) is 4.79 Å². The number of rotatable bonds is 4. The summed E-state index contributed by atoms with van der Waals surface area (Å²) in [5.41, 5.74) is 1.18. The molecule has 3 nitrogen and oxygen atoms in total. The minimum absolute atomic E-state index is 0.130. The van der Waals surface area contributed by atoms with Gasteiger partial charge in [-0.15, -0.1) is 0 Å². The topological polar surface area (TPSA) is 49.3 Å². The number of carbonyl (C=O) groups is 1. The van der Waals surface area contributed by atoms with Crippen molar-refractivity contribution < 1.29 is 9.90 Å². The van der Waals surface area contributed by atoms with Gasteiger partial charge in [0.05, 0.1) is 5.92 Å². The van der Waals surface area contributed by atoms with Crippen molar-refractivity contribution in [2.75, 3.05) is 7.05 Å². The second kappa shape index (κ2) is 4.67. The molecular formula is C16H17NO2. The lowest BCUT2D eigenvalue weighted by atomic mass is 9.98. The predicted molar refractivity (Wildman–Crippen MR) is 75.0 cm³/mol. The highest BCUT2D eigenvalue weighted by Gasteiger charge is 2.47. The quantitative estimate of drug-likeness (QED) is 0.883. The smallest absolute Gasteiger partial charge is 0.306 e. The summed E-state index contributed by atoms with van der Waals surface area (Å²) in [5.74, 6) is -0.654. The molecule has 0 radical (unpaired) electrons. The molecule has 2 aromatic carbocycles. The van der Waals surface area contributed by atoms with Crippen LogP contribution in [0.15, 0.2) is 42.5 Å². The van der Waals surface area contributed by atoms with Crippen LogP contribution in [0.3, 0.4) is 0 Å². The van der Waals surface area contributed by atoms with E-state index in [0.717, 1.165) is 6.42 Å². The Hall–Kier alpha value is -1.87. The summed E-state index contributed by atoms with van der Waals surface area (Å²) in [6.45, 7) is 0. The second-order valence-electron chi connectivity index (χ2n) is 5.22. The zero-order chi connectivity index (χ0) is 13.4. The zero-order valence-electron chi connectivity index (χ0n) is 10.8. The van der Waals surface area contributed by atoms with Gasteiger partial charge in [0, 0.05) is 6.04 Å². The molecular weight excluding hydrogens is 238 g/mol. The molecule has 0 saturated heterocycles. The van der Waals surface area contributed by atoms with Crippen molar-refractivity contribution >= 4 is 16.7 Å². The van der Waals surface area contributed by atoms with Crippen molar-refractivity contribution in [3.63, 3.8) is 0 Å². The standard InChI is InChI=1S/C16H17NO2/c1-17-15(13-9-14(13)16(18)19)12-7-6-10-4-2-3-5-11(10)8-12/h2-8,13-15,17H,9H2,1H3,(H,18,19). The highest BCUT2D eigenvalue weighted by Crippen LogP contribution is 2.47. The number of fused-ring (bicyclic) bond motifs is 1. The van der Waals surface area contributed by atoms with Gasteiger partial charge >= 0.3 is 5.97 Å². The minimum atomic E-state index is -0.675. The van der Waals surface area contributed by atoms with E-state index in [-0.39, 0.29) is 17.9 Å². The van der Waals surface area contributed by atoms with Gasteiger partial charge in [0.1, 0.15) is 0 Å². The zero-order valence-corrected chi connectivity index (χ0v) is 10.8. The van der Waals surface area contributed by atoms with Crippen molar-refractivity contribution in [2.45, 2.75) is 12.5 Å². The lowest BCUT2D eigenvalue weighted by molar-refractivity contribution is -0.138. The van der Waals surface area contributed by atoms with Crippen molar-refractivity contribution in [1.29, 1.82) is 0 Å². The number of carboxylic acids is 1. The first kappa shape index (κ1) is 12.2. The van der Waals surface area contributed by atoms with E-state index in [1.807, 2.05) is 19.2 Å². The fraction of sp³-hybridized carbons (Fsp3) is 0.312. The summed E-state index contributed by atoms with van der Waals surface area (Å²) in [6, 6.07) is 14.7. The summed E-state index contributed by atoms with van der Waals surface area (Å²) in [6.07, 6.45) is 0.771. The summed E-state index contributed by atoms with van der Waals surface area (Å²) in [4.78, 5) is 11.0. The second-order valence-corrected chi connectivity index (χ2v) is 5.22. The Morgan fingerprint density at radius 2 is 2.00 bits per heavy atom. The first-order valence-corrected chi connectivity index (χ1v) is 6.59. The molecule has 3 rings (SSSR count). The Bertz CT molecular complexity index is 623. The van der Waals surface area contributed by atoms with Gasteiger partial charge in [-0.25, -0.2) is 0 Å². The van der Waals surface area contributed by atoms with Crippen LogP contribution >= 0.6 is 0 Å². The van der Waals surface area contributed by atoms with E-state index in [0.29, 0.717) is 0 Å². The molecule has 1 fully saturated rings. The molecule has 2 aromatic rings. The largest absolute Gasteiger partial charge is 0.481 e. The molecule has 1 aliphatic rings. The van der Waals surface area contributed by atoms with E-state index in [4.69, 9.17) is 5.11 Å². The van der Waals surface area contributed by atoms with Crippen LogP contribution in [0.2, 0.25) is 0 Å². The Labute approximate surface area is 112 Å². The molecule has 19 heavy (non-hydrogen) atoms. The molecule has 1 aliphatic carbocycles. The fourth-order valence-electron chi connectivity index (χ4n) is 2.90. The van der Waals surface area contributed by atoms with Crippen LogP contribution in [0.25, 0.3) is 10.8 Å². The fourth-order valence-corrected chi connectivity index (χ4v) is 2.90. The number of aliphatic carboxylic acids is 1. The van der Waals surface area contributed by atoms with Gasteiger partial charge in [-0.2, -0.15) is 0 Å². The van der Waals surface area contributed by atoms with E-state index in [1.54, 1.807) is 0 Å². The van der Waals surface area contributed by atoms with Crippen LogP contribution in [0.5, 0.6) is 0 Å². The highest BCUT2D eigenvalue weighted by atomic mass is 16.4. The van der Waals surface area contributed by atoms with E-state index in [1.165, 1.54) is 16.3 Å². The van der Waals surface area contributed by atoms with Gasteiger partial charge in [-0.1, -0.05) is 36.4 Å². The summed E-state index contributed by atoms with van der Waals surface area (Å²) >= 11 is 0. The molecule has 98 valence electrons. The molecule has 3 atom stereocenters. The van der Waals surface area contributed by atoms with Crippen molar-refractivity contribution in [1.82, 2.24) is 5.32 Å². The predicted octanol–water partition coefficient (Wildman–Crippen LogP) is 2.82. The normalized spacial score (nSPS) is 23.2. The lowest BCUT2D eigenvalue weighted by Crippen LogP contribution is -2.20. The number of benzene rings is 2. The van der Waals surface area contributed by atoms with E-state index in [2.05, 4.69) is 35.6 Å². The maximum Gasteiger partial charge on any atom is 0.306 e. The summed E-state index contributed by atoms with van der Waals surface area (Å²) < 4.78 is 0. The van der Waals surface area contributed by atoms with Crippen molar-refractivity contribution in [3.8, 4) is 0 Å². The van der Waals surface area contributed by atoms with Crippen LogP contribution in [0.1, 0.15) is 18.0 Å². The molecule has 3 unspecified atom stereocenters. The molecule has 0 bridgehead atoms. The molecule has 1 saturated carbocycles. The van der Waals surface area contributed by atoms with Crippen molar-refractivity contribution in [2.24, 2.45) is 11.8 Å².